The van der Waals surface area contributed by atoms with E-state index < -0.39 is 0 Å². The zero-order valence-electron chi connectivity index (χ0n) is 15.4. The van der Waals surface area contributed by atoms with Gasteiger partial charge in [-0.15, -0.1) is 5.10 Å². The van der Waals surface area contributed by atoms with Crippen LogP contribution in [0.2, 0.25) is 0 Å². The molecule has 28 heavy (non-hydrogen) atoms. The van der Waals surface area contributed by atoms with Gasteiger partial charge in [0.2, 0.25) is 16.9 Å². The third-order valence-corrected chi connectivity index (χ3v) is 4.92. The molecule has 2 heterocycles. The van der Waals surface area contributed by atoms with Crippen molar-refractivity contribution in [2.45, 2.75) is 24.8 Å². The summed E-state index contributed by atoms with van der Waals surface area (Å²) in [5.74, 6) is 2.26. The number of nitrogens with zero attached hydrogens (tertiary/aromatic N) is 6. The zero-order valence-corrected chi connectivity index (χ0v) is 16.3. The van der Waals surface area contributed by atoms with E-state index in [1.165, 1.54) is 11.8 Å². The molecule has 4 rings (SSSR count). The predicted molar refractivity (Wildman–Crippen MR) is 104 cm³/mol. The summed E-state index contributed by atoms with van der Waals surface area (Å²) in [6.45, 7) is 4.52. The maximum Gasteiger partial charge on any atom is 0.237 e. The summed E-state index contributed by atoms with van der Waals surface area (Å²) >= 11 is 1.42. The fourth-order valence-electron chi connectivity index (χ4n) is 2.70. The number of rotatable bonds is 7. The highest BCUT2D eigenvalue weighted by atomic mass is 32.2. The summed E-state index contributed by atoms with van der Waals surface area (Å²) in [4.78, 5) is 4.49. The molecule has 0 aliphatic carbocycles. The summed E-state index contributed by atoms with van der Waals surface area (Å²) in [6.07, 6.45) is 0. The largest absolute Gasteiger partial charge is 0.492 e. The minimum Gasteiger partial charge on any atom is -0.492 e. The lowest BCUT2D eigenvalue weighted by Gasteiger charge is -2.10. The van der Waals surface area contributed by atoms with Crippen molar-refractivity contribution >= 4 is 11.8 Å². The van der Waals surface area contributed by atoms with Gasteiger partial charge in [0.1, 0.15) is 11.4 Å². The molecule has 0 fully saturated rings. The number of ether oxygens (including phenoxy) is 1. The number of benzene rings is 2. The second kappa shape index (κ2) is 8.22. The number of thioether (sulfide) groups is 1. The molecular weight excluding hydrogens is 376 g/mol. The molecule has 0 unspecified atom stereocenters. The van der Waals surface area contributed by atoms with Gasteiger partial charge < -0.3 is 9.26 Å². The SMILES string of the molecule is CCOc1ccccc1-n1nnnc1SCc1nc(-c2ccccc2C)no1. The molecule has 0 saturated heterocycles. The molecule has 0 bridgehead atoms. The minimum absolute atomic E-state index is 0.454. The minimum atomic E-state index is 0.454. The lowest BCUT2D eigenvalue weighted by Crippen LogP contribution is -2.03. The van der Waals surface area contributed by atoms with Crippen molar-refractivity contribution in [3.63, 3.8) is 0 Å². The van der Waals surface area contributed by atoms with Gasteiger partial charge in [-0.05, 0) is 42.0 Å². The number of para-hydroxylation sites is 2. The molecule has 0 amide bonds. The van der Waals surface area contributed by atoms with Crippen LogP contribution in [0.15, 0.2) is 58.2 Å². The molecule has 0 spiro atoms. The number of aromatic nitrogens is 6. The smallest absolute Gasteiger partial charge is 0.237 e. The lowest BCUT2D eigenvalue weighted by atomic mass is 10.1. The van der Waals surface area contributed by atoms with Crippen molar-refractivity contribution < 1.29 is 9.26 Å². The average molecular weight is 394 g/mol. The van der Waals surface area contributed by atoms with Crippen LogP contribution in [0.4, 0.5) is 0 Å². The van der Waals surface area contributed by atoms with Crippen molar-refractivity contribution in [2.24, 2.45) is 0 Å². The van der Waals surface area contributed by atoms with Crippen LogP contribution in [0.3, 0.4) is 0 Å². The van der Waals surface area contributed by atoms with E-state index in [2.05, 4.69) is 25.7 Å². The van der Waals surface area contributed by atoms with Crippen LogP contribution in [0, 0.1) is 6.92 Å². The first kappa shape index (κ1) is 18.2. The Bertz CT molecular complexity index is 1080. The Hall–Kier alpha value is -3.20. The van der Waals surface area contributed by atoms with Crippen molar-refractivity contribution in [3.8, 4) is 22.8 Å². The van der Waals surface area contributed by atoms with Gasteiger partial charge in [0, 0.05) is 5.56 Å². The van der Waals surface area contributed by atoms with Crippen LogP contribution in [0.1, 0.15) is 18.4 Å². The highest BCUT2D eigenvalue weighted by Crippen LogP contribution is 2.28. The summed E-state index contributed by atoms with van der Waals surface area (Å²) in [5.41, 5.74) is 2.83. The summed E-state index contributed by atoms with van der Waals surface area (Å²) in [6, 6.07) is 15.6. The normalized spacial score (nSPS) is 10.9. The molecule has 4 aromatic rings. The molecule has 2 aromatic heterocycles. The van der Waals surface area contributed by atoms with Crippen molar-refractivity contribution in [1.29, 1.82) is 0 Å². The number of aryl methyl sites for hydroxylation is 1. The van der Waals surface area contributed by atoms with E-state index in [0.29, 0.717) is 29.2 Å². The monoisotopic (exact) mass is 394 g/mol. The molecule has 0 atom stereocenters. The summed E-state index contributed by atoms with van der Waals surface area (Å²) < 4.78 is 12.7. The van der Waals surface area contributed by atoms with Crippen LogP contribution in [-0.4, -0.2) is 37.0 Å². The van der Waals surface area contributed by atoms with Gasteiger partial charge in [-0.3, -0.25) is 0 Å². The number of hydrogen-bond acceptors (Lipinski definition) is 8. The van der Waals surface area contributed by atoms with Gasteiger partial charge in [0.15, 0.2) is 0 Å². The maximum atomic E-state index is 5.68. The van der Waals surface area contributed by atoms with Gasteiger partial charge in [-0.25, -0.2) is 0 Å². The van der Waals surface area contributed by atoms with Crippen LogP contribution in [0.5, 0.6) is 5.75 Å². The Labute approximate surface area is 165 Å². The van der Waals surface area contributed by atoms with E-state index in [1.807, 2.05) is 62.4 Å². The highest BCUT2D eigenvalue weighted by molar-refractivity contribution is 7.98. The molecule has 2 aromatic carbocycles. The van der Waals surface area contributed by atoms with Gasteiger partial charge in [0.25, 0.3) is 0 Å². The number of tetrazole rings is 1. The predicted octanol–water partition coefficient (Wildman–Crippen LogP) is 3.71. The summed E-state index contributed by atoms with van der Waals surface area (Å²) in [5, 5.41) is 16.7. The lowest BCUT2D eigenvalue weighted by molar-refractivity contribution is 0.337. The van der Waals surface area contributed by atoms with E-state index in [0.717, 1.165) is 22.6 Å². The Balaban J connectivity index is 1.52. The molecule has 0 aliphatic heterocycles. The maximum absolute atomic E-state index is 5.68. The third kappa shape index (κ3) is 3.74. The molecule has 9 heteroatoms. The average Bonchev–Trinajstić information content (AvgIpc) is 3.37. The van der Waals surface area contributed by atoms with Crippen molar-refractivity contribution in [1.82, 2.24) is 30.3 Å². The Morgan fingerprint density at radius 1 is 1.11 bits per heavy atom. The first-order valence-electron chi connectivity index (χ1n) is 8.78. The molecule has 0 N–H and O–H groups in total. The van der Waals surface area contributed by atoms with Crippen LogP contribution >= 0.6 is 11.8 Å². The Morgan fingerprint density at radius 2 is 1.93 bits per heavy atom. The first-order valence-corrected chi connectivity index (χ1v) is 9.76. The van der Waals surface area contributed by atoms with Crippen LogP contribution in [-0.2, 0) is 5.75 Å². The fourth-order valence-corrected chi connectivity index (χ4v) is 3.42. The standard InChI is InChI=1S/C19H18N6O2S/c1-3-26-16-11-7-6-10-15(16)25-19(21-23-24-25)28-12-17-20-18(22-27-17)14-9-5-4-8-13(14)2/h4-11H,3,12H2,1-2H3. The molecule has 142 valence electrons. The molecular formula is C19H18N6O2S. The van der Waals surface area contributed by atoms with E-state index in [-0.39, 0.29) is 0 Å². The fraction of sp³-hybridized carbons (Fsp3) is 0.211. The van der Waals surface area contributed by atoms with Crippen LogP contribution < -0.4 is 4.74 Å². The van der Waals surface area contributed by atoms with E-state index >= 15 is 0 Å². The van der Waals surface area contributed by atoms with Crippen molar-refractivity contribution in [3.05, 3.63) is 60.0 Å². The molecule has 0 saturated carbocycles. The van der Waals surface area contributed by atoms with E-state index in [4.69, 9.17) is 9.26 Å². The first-order chi connectivity index (χ1) is 13.8. The van der Waals surface area contributed by atoms with Gasteiger partial charge in [0.05, 0.1) is 12.4 Å². The Morgan fingerprint density at radius 3 is 2.79 bits per heavy atom. The van der Waals surface area contributed by atoms with Crippen molar-refractivity contribution in [2.75, 3.05) is 6.61 Å². The highest BCUT2D eigenvalue weighted by Gasteiger charge is 2.16. The third-order valence-electron chi connectivity index (χ3n) is 4.01. The molecule has 8 nitrogen and oxygen atoms in total. The molecule has 0 aliphatic rings. The van der Waals surface area contributed by atoms with E-state index in [1.54, 1.807) is 4.68 Å². The topological polar surface area (TPSA) is 91.8 Å². The number of hydrogen-bond donors (Lipinski definition) is 0. The van der Waals surface area contributed by atoms with Gasteiger partial charge in [-0.2, -0.15) is 9.67 Å². The second-order valence-corrected chi connectivity index (χ2v) is 6.83. The summed E-state index contributed by atoms with van der Waals surface area (Å²) in [7, 11) is 0. The quantitative estimate of drug-likeness (QED) is 0.438. The zero-order chi connectivity index (χ0) is 19.3. The van der Waals surface area contributed by atoms with Gasteiger partial charge >= 0.3 is 0 Å². The molecule has 0 radical (unpaired) electrons. The van der Waals surface area contributed by atoms with E-state index in [9.17, 15) is 0 Å². The Kier molecular flexibility index (Phi) is 5.34. The second-order valence-electron chi connectivity index (χ2n) is 5.89. The van der Waals surface area contributed by atoms with Crippen LogP contribution in [0.25, 0.3) is 17.1 Å². The van der Waals surface area contributed by atoms with Gasteiger partial charge in [-0.1, -0.05) is 53.3 Å².